The van der Waals surface area contributed by atoms with Crippen molar-refractivity contribution in [2.24, 2.45) is 5.92 Å². The van der Waals surface area contributed by atoms with Gasteiger partial charge in [0.25, 0.3) is 0 Å². The Morgan fingerprint density at radius 3 is 2.70 bits per heavy atom. The predicted octanol–water partition coefficient (Wildman–Crippen LogP) is 2.19. The number of carbonyl (C=O) groups excluding carboxylic acids is 3. The summed E-state index contributed by atoms with van der Waals surface area (Å²) < 4.78 is 9.95. The van der Waals surface area contributed by atoms with E-state index in [1.807, 2.05) is 30.3 Å². The molecule has 0 aromatic heterocycles. The first-order valence-electron chi connectivity index (χ1n) is 9.38. The number of nitrogens with one attached hydrogen (secondary N) is 2. The van der Waals surface area contributed by atoms with E-state index in [1.54, 1.807) is 0 Å². The zero-order valence-electron chi connectivity index (χ0n) is 15.7. The van der Waals surface area contributed by atoms with Crippen LogP contribution in [0.5, 0.6) is 0 Å². The molecule has 7 nitrogen and oxygen atoms in total. The van der Waals surface area contributed by atoms with Gasteiger partial charge in [-0.1, -0.05) is 30.3 Å². The zero-order chi connectivity index (χ0) is 19.5. The molecular formula is C20H28N2O5. The number of carbonyl (C=O) groups is 3. The SMILES string of the molecule is COC(=O)[C@H](CCCNC(=O)OCc1ccccc1)CC(=O)[C@@H]1CCCN1. The standard InChI is InChI=1S/C20H28N2O5/c1-26-19(24)16(13-18(23)17-10-6-11-21-17)9-5-12-22-20(25)27-14-15-7-3-2-4-8-15/h2-4,7-8,16-17,21H,5-6,9-14H2,1H3,(H,22,25)/t16-,17+/m1/s1. The van der Waals surface area contributed by atoms with E-state index in [9.17, 15) is 14.4 Å². The molecular weight excluding hydrogens is 348 g/mol. The van der Waals surface area contributed by atoms with E-state index in [1.165, 1.54) is 7.11 Å². The topological polar surface area (TPSA) is 93.7 Å². The Labute approximate surface area is 159 Å². The van der Waals surface area contributed by atoms with E-state index < -0.39 is 12.0 Å². The molecule has 0 unspecified atom stereocenters. The molecule has 1 saturated heterocycles. The summed E-state index contributed by atoms with van der Waals surface area (Å²) >= 11 is 0. The van der Waals surface area contributed by atoms with Gasteiger partial charge in [0, 0.05) is 13.0 Å². The largest absolute Gasteiger partial charge is 0.469 e. The van der Waals surface area contributed by atoms with Gasteiger partial charge in [0.15, 0.2) is 5.78 Å². The van der Waals surface area contributed by atoms with Crippen LogP contribution >= 0.6 is 0 Å². The van der Waals surface area contributed by atoms with Gasteiger partial charge in [-0.15, -0.1) is 0 Å². The van der Waals surface area contributed by atoms with Crippen LogP contribution in [-0.4, -0.2) is 44.1 Å². The minimum absolute atomic E-state index is 0.0538. The van der Waals surface area contributed by atoms with Gasteiger partial charge in [-0.2, -0.15) is 0 Å². The van der Waals surface area contributed by atoms with E-state index in [0.29, 0.717) is 19.4 Å². The van der Waals surface area contributed by atoms with Crippen molar-refractivity contribution in [1.29, 1.82) is 0 Å². The van der Waals surface area contributed by atoms with E-state index in [0.717, 1.165) is 24.9 Å². The quantitative estimate of drug-likeness (QED) is 0.480. The maximum absolute atomic E-state index is 12.3. The highest BCUT2D eigenvalue weighted by Crippen LogP contribution is 2.17. The fourth-order valence-electron chi connectivity index (χ4n) is 3.13. The third-order valence-corrected chi connectivity index (χ3v) is 4.64. The Hall–Kier alpha value is -2.41. The lowest BCUT2D eigenvalue weighted by Crippen LogP contribution is -2.34. The highest BCUT2D eigenvalue weighted by Gasteiger charge is 2.28. The number of esters is 1. The second kappa shape index (κ2) is 11.3. The van der Waals surface area contributed by atoms with Crippen molar-refractivity contribution in [3.63, 3.8) is 0 Å². The molecule has 1 fully saturated rings. The van der Waals surface area contributed by atoms with Gasteiger partial charge in [0.2, 0.25) is 0 Å². The minimum atomic E-state index is -0.500. The molecule has 148 valence electrons. The summed E-state index contributed by atoms with van der Waals surface area (Å²) in [6.45, 7) is 1.42. The number of ketones is 1. The Bertz CT molecular complexity index is 614. The van der Waals surface area contributed by atoms with Gasteiger partial charge in [0.1, 0.15) is 6.61 Å². The van der Waals surface area contributed by atoms with Crippen molar-refractivity contribution in [3.8, 4) is 0 Å². The molecule has 0 saturated carbocycles. The van der Waals surface area contributed by atoms with Gasteiger partial charge < -0.3 is 20.1 Å². The fraction of sp³-hybridized carbons (Fsp3) is 0.550. The summed E-state index contributed by atoms with van der Waals surface area (Å²) in [4.78, 5) is 35.9. The normalized spacial score (nSPS) is 17.1. The van der Waals surface area contributed by atoms with Gasteiger partial charge in [-0.25, -0.2) is 4.79 Å². The third kappa shape index (κ3) is 7.38. The van der Waals surface area contributed by atoms with E-state index in [-0.39, 0.29) is 30.8 Å². The summed E-state index contributed by atoms with van der Waals surface area (Å²) in [6.07, 6.45) is 2.51. The molecule has 0 bridgehead atoms. The number of rotatable bonds is 10. The molecule has 27 heavy (non-hydrogen) atoms. The van der Waals surface area contributed by atoms with Crippen LogP contribution < -0.4 is 10.6 Å². The fourth-order valence-corrected chi connectivity index (χ4v) is 3.13. The first-order chi connectivity index (χ1) is 13.1. The monoisotopic (exact) mass is 376 g/mol. The van der Waals surface area contributed by atoms with Crippen molar-refractivity contribution in [2.45, 2.75) is 44.8 Å². The molecule has 7 heteroatoms. The average molecular weight is 376 g/mol. The molecule has 1 aliphatic heterocycles. The molecule has 0 spiro atoms. The zero-order valence-corrected chi connectivity index (χ0v) is 15.7. The Morgan fingerprint density at radius 2 is 2.04 bits per heavy atom. The Kier molecular flexibility index (Phi) is 8.77. The lowest BCUT2D eigenvalue weighted by atomic mass is 9.94. The lowest BCUT2D eigenvalue weighted by molar-refractivity contribution is -0.147. The molecule has 1 amide bonds. The van der Waals surface area contributed by atoms with Crippen LogP contribution in [0.4, 0.5) is 4.79 Å². The molecule has 1 aromatic rings. The van der Waals surface area contributed by atoms with E-state index >= 15 is 0 Å². The molecule has 2 atom stereocenters. The van der Waals surface area contributed by atoms with Crippen LogP contribution in [0.15, 0.2) is 30.3 Å². The van der Waals surface area contributed by atoms with Gasteiger partial charge in [-0.05, 0) is 37.8 Å². The summed E-state index contributed by atoms with van der Waals surface area (Å²) in [5.74, 6) is -0.807. The second-order valence-electron chi connectivity index (χ2n) is 6.67. The van der Waals surface area contributed by atoms with Gasteiger partial charge in [-0.3, -0.25) is 9.59 Å². The predicted molar refractivity (Wildman–Crippen MR) is 100 cm³/mol. The van der Waals surface area contributed by atoms with Crippen LogP contribution in [0.2, 0.25) is 0 Å². The molecule has 2 rings (SSSR count). The number of ether oxygens (including phenoxy) is 2. The number of hydrogen-bond donors (Lipinski definition) is 2. The highest BCUT2D eigenvalue weighted by molar-refractivity contribution is 5.88. The van der Waals surface area contributed by atoms with E-state index in [4.69, 9.17) is 9.47 Å². The van der Waals surface area contributed by atoms with Crippen LogP contribution in [0.25, 0.3) is 0 Å². The average Bonchev–Trinajstić information content (AvgIpc) is 3.23. The molecule has 2 N–H and O–H groups in total. The van der Waals surface area contributed by atoms with Crippen molar-refractivity contribution < 1.29 is 23.9 Å². The Balaban J connectivity index is 1.67. The Morgan fingerprint density at radius 1 is 1.26 bits per heavy atom. The molecule has 1 aromatic carbocycles. The van der Waals surface area contributed by atoms with Gasteiger partial charge in [0.05, 0.1) is 19.1 Å². The van der Waals surface area contributed by atoms with Gasteiger partial charge >= 0.3 is 12.1 Å². The van der Waals surface area contributed by atoms with Crippen LogP contribution in [0.3, 0.4) is 0 Å². The number of Topliss-reactive ketones (excluding diaryl/α,β-unsaturated/α-hetero) is 1. The van der Waals surface area contributed by atoms with E-state index in [2.05, 4.69) is 10.6 Å². The smallest absolute Gasteiger partial charge is 0.407 e. The van der Waals surface area contributed by atoms with Crippen LogP contribution in [0, 0.1) is 5.92 Å². The third-order valence-electron chi connectivity index (χ3n) is 4.64. The summed E-state index contributed by atoms with van der Waals surface area (Å²) in [5, 5.41) is 5.82. The van der Waals surface area contributed by atoms with Crippen molar-refractivity contribution >= 4 is 17.8 Å². The second-order valence-corrected chi connectivity index (χ2v) is 6.67. The van der Waals surface area contributed by atoms with Crippen LogP contribution in [0.1, 0.15) is 37.7 Å². The molecule has 0 radical (unpaired) electrons. The number of alkyl carbamates (subject to hydrolysis) is 1. The number of benzene rings is 1. The number of methoxy groups -OCH3 is 1. The lowest BCUT2D eigenvalue weighted by Gasteiger charge is -2.16. The number of amides is 1. The maximum Gasteiger partial charge on any atom is 0.407 e. The highest BCUT2D eigenvalue weighted by atomic mass is 16.5. The maximum atomic E-state index is 12.3. The number of hydrogen-bond acceptors (Lipinski definition) is 6. The van der Waals surface area contributed by atoms with Crippen molar-refractivity contribution in [3.05, 3.63) is 35.9 Å². The summed E-state index contributed by atoms with van der Waals surface area (Å²) in [6, 6.07) is 9.27. The van der Waals surface area contributed by atoms with Crippen molar-refractivity contribution in [2.75, 3.05) is 20.2 Å². The first kappa shape index (κ1) is 20.9. The minimum Gasteiger partial charge on any atom is -0.469 e. The molecule has 1 heterocycles. The molecule has 0 aliphatic carbocycles. The van der Waals surface area contributed by atoms with Crippen LogP contribution in [-0.2, 0) is 25.7 Å². The van der Waals surface area contributed by atoms with Crippen molar-refractivity contribution in [1.82, 2.24) is 10.6 Å². The summed E-state index contributed by atoms with van der Waals surface area (Å²) in [5.41, 5.74) is 0.914. The molecule has 1 aliphatic rings. The summed E-state index contributed by atoms with van der Waals surface area (Å²) in [7, 11) is 1.33. The first-order valence-corrected chi connectivity index (χ1v) is 9.38.